The molecule has 4 heterocycles. The van der Waals surface area contributed by atoms with E-state index in [2.05, 4.69) is 10.6 Å². The van der Waals surface area contributed by atoms with Crippen molar-refractivity contribution in [1.29, 1.82) is 0 Å². The Bertz CT molecular complexity index is 1380. The van der Waals surface area contributed by atoms with Gasteiger partial charge in [-0.05, 0) is 48.7 Å². The Morgan fingerprint density at radius 1 is 0.514 bits per heavy atom. The molecule has 0 aromatic carbocycles. The highest BCUT2D eigenvalue weighted by Crippen LogP contribution is 2.33. The molecular formula is C43H80N2O22S5. The zero-order valence-corrected chi connectivity index (χ0v) is 44.6. The van der Waals surface area contributed by atoms with Crippen LogP contribution >= 0.6 is 59.3 Å². The summed E-state index contributed by atoms with van der Waals surface area (Å²) in [6, 6.07) is 0. The molecule has 72 heavy (non-hydrogen) atoms. The number of thioether (sulfide) groups is 4. The Kier molecular flexibility index (Phi) is 30.2. The lowest BCUT2D eigenvalue weighted by Crippen LogP contribution is -2.57. The fourth-order valence-electron chi connectivity index (χ4n) is 8.06. The first-order valence-corrected chi connectivity index (χ1v) is 28.8. The largest absolute Gasteiger partial charge is 0.394 e. The Hall–Kier alpha value is 0.210. The zero-order valence-electron chi connectivity index (χ0n) is 40.6. The number of aliphatic hydroxyl groups excluding tert-OH is 14. The molecule has 16 N–H and O–H groups in total. The molecule has 24 nitrogen and oxygen atoms in total. The molecule has 9 unspecified atom stereocenters. The second-order valence-electron chi connectivity index (χ2n) is 18.2. The summed E-state index contributed by atoms with van der Waals surface area (Å²) in [5.41, 5.74) is -3.57. The van der Waals surface area contributed by atoms with Gasteiger partial charge in [-0.3, -0.25) is 0 Å². The van der Waals surface area contributed by atoms with Crippen LogP contribution in [0.25, 0.3) is 0 Å². The van der Waals surface area contributed by atoms with Gasteiger partial charge in [0.05, 0.1) is 57.3 Å². The Morgan fingerprint density at radius 3 is 1.29 bits per heavy atom. The van der Waals surface area contributed by atoms with E-state index in [9.17, 15) is 71.5 Å². The topological polar surface area (TPSA) is 381 Å². The van der Waals surface area contributed by atoms with Crippen molar-refractivity contribution in [3.63, 3.8) is 0 Å². The monoisotopic (exact) mass is 1140 g/mol. The fourth-order valence-corrected chi connectivity index (χ4v) is 12.6. The summed E-state index contributed by atoms with van der Waals surface area (Å²) >= 11 is 10.9. The summed E-state index contributed by atoms with van der Waals surface area (Å²) < 4.78 is 46.7. The van der Waals surface area contributed by atoms with E-state index in [-0.39, 0.29) is 58.2 Å². The number of hydrogen-bond donors (Lipinski definition) is 16. The van der Waals surface area contributed by atoms with Crippen molar-refractivity contribution in [2.24, 2.45) is 11.3 Å². The van der Waals surface area contributed by atoms with Crippen molar-refractivity contribution >= 4 is 64.4 Å². The van der Waals surface area contributed by atoms with Crippen LogP contribution in [0.4, 0.5) is 0 Å². The van der Waals surface area contributed by atoms with Gasteiger partial charge >= 0.3 is 0 Å². The SMILES string of the molecule is CO[C@H]1OC(CSCCNC(=S)NCC(COCCCS[C@H]2OC(CO)[C@@H](O)[C@H](O)C2O)(COCCCS[C@H]2OC(CO)[C@@H](O)[C@H](O)C2O)COCCCS[C@H]2OC(CO)[C@@H](O)[C@H](O)C2O)C(C)[C@H](O)C1O. The second kappa shape index (κ2) is 33.6. The highest BCUT2D eigenvalue weighted by Gasteiger charge is 2.46. The molecule has 0 bridgehead atoms. The van der Waals surface area contributed by atoms with Crippen LogP contribution in [0.2, 0.25) is 0 Å². The van der Waals surface area contributed by atoms with E-state index in [1.807, 2.05) is 6.92 Å². The van der Waals surface area contributed by atoms with E-state index in [4.69, 9.17) is 50.1 Å². The molecule has 4 fully saturated rings. The standard InChI is InChI=1S/C43H80N2O22S5/c1-22-26(64-38(60-2)34(56)27(22)49)17-69-13-6-44-42(68)45-18-43(19-61-7-3-10-70-39-35(57)31(53)28(50)23(14-46)65-39,20-62-8-4-11-71-40-36(58)32(54)29(51)24(15-47)66-40)21-63-9-5-12-72-41-37(59)33(55)30(52)25(16-48)67-41/h22-41,46-59H,3-21H2,1-2H3,(H2,44,45,68)/t22?,23?,24?,25?,26?,27-,28+,29+,30+,31-,32-,33-,34?,35?,36?,37?,38-,39+,40+,41+,43?/m0/s1. The lowest BCUT2D eigenvalue weighted by Gasteiger charge is -2.40. The minimum absolute atomic E-state index is 0.102. The third-order valence-electron chi connectivity index (χ3n) is 12.6. The molecule has 20 atom stereocenters. The average Bonchev–Trinajstić information content (AvgIpc) is 3.38. The number of methoxy groups -OCH3 is 1. The maximum Gasteiger partial charge on any atom is 0.186 e. The van der Waals surface area contributed by atoms with Crippen LogP contribution in [0, 0.1) is 11.3 Å². The van der Waals surface area contributed by atoms with Gasteiger partial charge in [0, 0.05) is 57.4 Å². The Balaban J connectivity index is 1.37. The van der Waals surface area contributed by atoms with Gasteiger partial charge in [0.25, 0.3) is 0 Å². The Morgan fingerprint density at radius 2 is 0.917 bits per heavy atom. The van der Waals surface area contributed by atoms with E-state index < -0.39 is 133 Å². The molecule has 0 radical (unpaired) electrons. The van der Waals surface area contributed by atoms with Gasteiger partial charge in [0.2, 0.25) is 0 Å². The first kappa shape index (κ1) is 64.7. The van der Waals surface area contributed by atoms with E-state index >= 15 is 0 Å². The summed E-state index contributed by atoms with van der Waals surface area (Å²) in [6.07, 6.45) is -18.1. The van der Waals surface area contributed by atoms with Crippen molar-refractivity contribution < 1.29 is 109 Å². The third-order valence-corrected chi connectivity index (χ3v) is 17.7. The number of aliphatic hydroxyl groups is 14. The van der Waals surface area contributed by atoms with Crippen LogP contribution in [0.1, 0.15) is 26.2 Å². The molecule has 29 heteroatoms. The van der Waals surface area contributed by atoms with Gasteiger partial charge in [-0.15, -0.1) is 35.3 Å². The quantitative estimate of drug-likeness (QED) is 0.0221. The van der Waals surface area contributed by atoms with Crippen molar-refractivity contribution in [3.05, 3.63) is 0 Å². The molecule has 4 rings (SSSR count). The van der Waals surface area contributed by atoms with Gasteiger partial charge < -0.3 is 120 Å². The Labute approximate surface area is 442 Å². The molecular weight excluding hydrogens is 1060 g/mol. The predicted octanol–water partition coefficient (Wildman–Crippen LogP) is -5.28. The van der Waals surface area contributed by atoms with Gasteiger partial charge in [-0.25, -0.2) is 0 Å². The molecule has 0 amide bonds. The molecule has 4 aliphatic rings. The van der Waals surface area contributed by atoms with Crippen LogP contribution < -0.4 is 10.6 Å². The molecule has 0 aromatic rings. The van der Waals surface area contributed by atoms with E-state index in [1.54, 1.807) is 11.8 Å². The first-order valence-electron chi connectivity index (χ1n) is 24.1. The summed E-state index contributed by atoms with van der Waals surface area (Å²) in [6.45, 7) is 1.88. The molecule has 4 saturated heterocycles. The van der Waals surface area contributed by atoms with E-state index in [0.29, 0.717) is 59.7 Å². The minimum Gasteiger partial charge on any atom is -0.394 e. The predicted molar refractivity (Wildman–Crippen MR) is 270 cm³/mol. The molecule has 424 valence electrons. The summed E-state index contributed by atoms with van der Waals surface area (Å²) in [5, 5.41) is 149. The highest BCUT2D eigenvalue weighted by atomic mass is 32.2. The molecule has 0 spiro atoms. The average molecular weight is 1140 g/mol. The summed E-state index contributed by atoms with van der Waals surface area (Å²) in [5.74, 6) is 2.10. The molecule has 0 saturated carbocycles. The second-order valence-corrected chi connectivity index (χ2v) is 23.4. The van der Waals surface area contributed by atoms with Crippen LogP contribution in [-0.4, -0.2) is 299 Å². The summed E-state index contributed by atoms with van der Waals surface area (Å²) in [7, 11) is 1.40. The number of hydrogen-bond acceptors (Lipinski definition) is 27. The van der Waals surface area contributed by atoms with Crippen LogP contribution in [0.3, 0.4) is 0 Å². The van der Waals surface area contributed by atoms with Gasteiger partial charge in [0.15, 0.2) is 11.4 Å². The van der Waals surface area contributed by atoms with Crippen molar-refractivity contribution in [2.75, 3.05) is 108 Å². The van der Waals surface area contributed by atoms with Gasteiger partial charge in [-0.1, -0.05) is 6.92 Å². The lowest BCUT2D eigenvalue weighted by molar-refractivity contribution is -0.270. The normalized spacial score (nSPS) is 38.3. The van der Waals surface area contributed by atoms with E-state index in [1.165, 1.54) is 42.4 Å². The lowest BCUT2D eigenvalue weighted by atomic mass is 9.90. The van der Waals surface area contributed by atoms with Crippen molar-refractivity contribution in [1.82, 2.24) is 10.6 Å². The maximum absolute atomic E-state index is 10.5. The van der Waals surface area contributed by atoms with Crippen LogP contribution in [0.15, 0.2) is 0 Å². The van der Waals surface area contributed by atoms with Crippen molar-refractivity contribution in [2.45, 2.75) is 140 Å². The first-order chi connectivity index (χ1) is 34.4. The highest BCUT2D eigenvalue weighted by molar-refractivity contribution is 8.00. The molecule has 4 aliphatic heterocycles. The van der Waals surface area contributed by atoms with Gasteiger partial charge in [-0.2, -0.15) is 11.8 Å². The number of thiocarbonyl (C=S) groups is 1. The molecule has 0 aromatic heterocycles. The third kappa shape index (κ3) is 19.2. The van der Waals surface area contributed by atoms with Gasteiger partial charge in [0.1, 0.15) is 95.7 Å². The number of rotatable bonds is 32. The summed E-state index contributed by atoms with van der Waals surface area (Å²) in [4.78, 5) is 0. The van der Waals surface area contributed by atoms with Crippen molar-refractivity contribution in [3.8, 4) is 0 Å². The minimum atomic E-state index is -1.50. The van der Waals surface area contributed by atoms with E-state index in [0.717, 1.165) is 0 Å². The van der Waals surface area contributed by atoms with Crippen LogP contribution in [0.5, 0.6) is 0 Å². The number of nitrogens with one attached hydrogen (secondary N) is 2. The zero-order chi connectivity index (χ0) is 53.0. The fraction of sp³-hybridized carbons (Fsp3) is 0.977. The van der Waals surface area contributed by atoms with Crippen LogP contribution in [-0.2, 0) is 37.9 Å². The molecule has 0 aliphatic carbocycles. The maximum atomic E-state index is 10.5. The number of ether oxygens (including phenoxy) is 8. The smallest absolute Gasteiger partial charge is 0.186 e.